The lowest BCUT2D eigenvalue weighted by Crippen LogP contribution is -2.42. The lowest BCUT2D eigenvalue weighted by molar-refractivity contribution is -0.154. The molecule has 0 atom stereocenters. The molecular weight excluding hydrogens is 142 g/mol. The molecule has 3 aliphatic rings. The highest BCUT2D eigenvalue weighted by Gasteiger charge is 2.65. The molecule has 0 heterocycles. The van der Waals surface area contributed by atoms with E-state index in [0.29, 0.717) is 19.3 Å². The molecule has 0 spiro atoms. The molecule has 3 nitrogen and oxygen atoms in total. The summed E-state index contributed by atoms with van der Waals surface area (Å²) in [5.74, 6) is -0.708. The largest absolute Gasteiger partial charge is 0.481 e. The van der Waals surface area contributed by atoms with Crippen molar-refractivity contribution in [3.63, 3.8) is 0 Å². The zero-order chi connectivity index (χ0) is 8.11. The number of carboxylic acid groups (broad SMARTS) is 1. The number of nitriles is 1. The highest BCUT2D eigenvalue weighted by Crippen LogP contribution is 2.66. The minimum Gasteiger partial charge on any atom is -0.481 e. The van der Waals surface area contributed by atoms with Gasteiger partial charge in [-0.05, 0) is 25.7 Å². The number of rotatable bonds is 1. The quantitative estimate of drug-likeness (QED) is 0.611. The molecule has 0 radical (unpaired) electrons. The van der Waals surface area contributed by atoms with E-state index in [1.165, 1.54) is 0 Å². The second kappa shape index (κ2) is 1.58. The maximum absolute atomic E-state index is 10.7. The van der Waals surface area contributed by atoms with Gasteiger partial charge in [-0.3, -0.25) is 4.79 Å². The van der Waals surface area contributed by atoms with E-state index in [9.17, 15) is 4.79 Å². The summed E-state index contributed by atoms with van der Waals surface area (Å²) < 4.78 is 0. The van der Waals surface area contributed by atoms with Gasteiger partial charge in [0.15, 0.2) is 0 Å². The maximum Gasteiger partial charge on any atom is 0.309 e. The first-order chi connectivity index (χ1) is 5.13. The van der Waals surface area contributed by atoms with E-state index < -0.39 is 11.4 Å². The molecule has 0 aliphatic heterocycles. The van der Waals surface area contributed by atoms with E-state index in [0.717, 1.165) is 6.42 Å². The van der Waals surface area contributed by atoms with Gasteiger partial charge in [0, 0.05) is 0 Å². The van der Waals surface area contributed by atoms with Gasteiger partial charge >= 0.3 is 5.97 Å². The Morgan fingerprint density at radius 3 is 2.36 bits per heavy atom. The van der Waals surface area contributed by atoms with Gasteiger partial charge in [0.1, 0.15) is 0 Å². The minimum atomic E-state index is -0.708. The van der Waals surface area contributed by atoms with Gasteiger partial charge in [0.25, 0.3) is 0 Å². The molecule has 0 aromatic heterocycles. The number of fused-ring (bicyclic) bond motifs is 1. The van der Waals surface area contributed by atoms with Crippen LogP contribution in [0, 0.1) is 22.2 Å². The standard InChI is InChI=1S/C8H9NO2/c9-5-7-1-2-8(3-7,4-7)6(10)11/h1-4H2,(H,10,11). The Kier molecular flexibility index (Phi) is 0.956. The van der Waals surface area contributed by atoms with Crippen molar-refractivity contribution in [3.05, 3.63) is 0 Å². The third kappa shape index (κ3) is 0.597. The molecule has 0 aromatic carbocycles. The smallest absolute Gasteiger partial charge is 0.309 e. The third-order valence-corrected chi connectivity index (χ3v) is 3.13. The molecular formula is C8H9NO2. The molecule has 0 amide bonds. The summed E-state index contributed by atoms with van der Waals surface area (Å²) in [5.41, 5.74) is -0.756. The number of nitrogens with zero attached hydrogens (tertiary/aromatic N) is 1. The summed E-state index contributed by atoms with van der Waals surface area (Å²) in [7, 11) is 0. The number of aliphatic carboxylic acids is 1. The van der Waals surface area contributed by atoms with Crippen molar-refractivity contribution in [1.29, 1.82) is 5.26 Å². The molecule has 58 valence electrons. The van der Waals surface area contributed by atoms with Crippen molar-refractivity contribution >= 4 is 5.97 Å². The molecule has 0 saturated heterocycles. The summed E-state index contributed by atoms with van der Waals surface area (Å²) in [6, 6.07) is 2.22. The molecule has 0 aromatic rings. The summed E-state index contributed by atoms with van der Waals surface area (Å²) in [6.45, 7) is 0. The SMILES string of the molecule is N#CC12CCC(C(=O)O)(C1)C2. The van der Waals surface area contributed by atoms with Crippen molar-refractivity contribution in [1.82, 2.24) is 0 Å². The highest BCUT2D eigenvalue weighted by molar-refractivity contribution is 5.77. The van der Waals surface area contributed by atoms with Gasteiger partial charge in [-0.25, -0.2) is 0 Å². The van der Waals surface area contributed by atoms with Crippen LogP contribution < -0.4 is 0 Å². The third-order valence-electron chi connectivity index (χ3n) is 3.13. The van der Waals surface area contributed by atoms with Gasteiger partial charge in [0.05, 0.1) is 16.9 Å². The molecule has 3 fully saturated rings. The number of hydrogen-bond donors (Lipinski definition) is 1. The molecule has 3 heteroatoms. The van der Waals surface area contributed by atoms with Crippen LogP contribution >= 0.6 is 0 Å². The molecule has 3 saturated carbocycles. The Morgan fingerprint density at radius 2 is 2.09 bits per heavy atom. The number of hydrogen-bond acceptors (Lipinski definition) is 2. The van der Waals surface area contributed by atoms with Gasteiger partial charge in [-0.2, -0.15) is 5.26 Å². The highest BCUT2D eigenvalue weighted by atomic mass is 16.4. The Labute approximate surface area is 64.6 Å². The Morgan fingerprint density at radius 1 is 1.45 bits per heavy atom. The summed E-state index contributed by atoms with van der Waals surface area (Å²) >= 11 is 0. The zero-order valence-electron chi connectivity index (χ0n) is 6.13. The van der Waals surface area contributed by atoms with E-state index >= 15 is 0 Å². The van der Waals surface area contributed by atoms with Crippen molar-refractivity contribution in [2.75, 3.05) is 0 Å². The summed E-state index contributed by atoms with van der Waals surface area (Å²) in [6.07, 6.45) is 2.67. The Balaban J connectivity index is 2.22. The van der Waals surface area contributed by atoms with Crippen molar-refractivity contribution in [2.24, 2.45) is 10.8 Å². The fourth-order valence-corrected chi connectivity index (χ4v) is 2.47. The van der Waals surface area contributed by atoms with Crippen LogP contribution in [0.4, 0.5) is 0 Å². The lowest BCUT2D eigenvalue weighted by Gasteiger charge is -2.39. The number of carboxylic acids is 1. The van der Waals surface area contributed by atoms with Crippen LogP contribution in [-0.4, -0.2) is 11.1 Å². The second-order valence-corrected chi connectivity index (χ2v) is 3.83. The lowest BCUT2D eigenvalue weighted by atomic mass is 9.61. The van der Waals surface area contributed by atoms with Crippen molar-refractivity contribution < 1.29 is 9.90 Å². The van der Waals surface area contributed by atoms with Gasteiger partial charge < -0.3 is 5.11 Å². The topological polar surface area (TPSA) is 61.1 Å². The van der Waals surface area contributed by atoms with Crippen LogP contribution in [0.3, 0.4) is 0 Å². The average molecular weight is 151 g/mol. The van der Waals surface area contributed by atoms with Crippen LogP contribution in [0.5, 0.6) is 0 Å². The van der Waals surface area contributed by atoms with Crippen LogP contribution in [0.2, 0.25) is 0 Å². The molecule has 1 N–H and O–H groups in total. The summed E-state index contributed by atoms with van der Waals surface area (Å²) in [5, 5.41) is 17.5. The second-order valence-electron chi connectivity index (χ2n) is 3.83. The average Bonchev–Trinajstić information content (AvgIpc) is 2.39. The molecule has 2 bridgehead atoms. The van der Waals surface area contributed by atoms with Crippen LogP contribution in [-0.2, 0) is 4.79 Å². The Hall–Kier alpha value is -1.04. The van der Waals surface area contributed by atoms with Gasteiger partial charge in [0.2, 0.25) is 0 Å². The van der Waals surface area contributed by atoms with Crippen LogP contribution in [0.25, 0.3) is 0 Å². The van der Waals surface area contributed by atoms with E-state index in [1.807, 2.05) is 0 Å². The minimum absolute atomic E-state index is 0.252. The first-order valence-corrected chi connectivity index (χ1v) is 3.77. The Bertz CT molecular complexity index is 258. The fourth-order valence-electron chi connectivity index (χ4n) is 2.47. The summed E-state index contributed by atoms with van der Waals surface area (Å²) in [4.78, 5) is 10.7. The van der Waals surface area contributed by atoms with Crippen LogP contribution in [0.15, 0.2) is 0 Å². The first kappa shape index (κ1) is 6.66. The maximum atomic E-state index is 10.7. The molecule has 11 heavy (non-hydrogen) atoms. The van der Waals surface area contributed by atoms with Gasteiger partial charge in [-0.1, -0.05) is 0 Å². The molecule has 0 unspecified atom stereocenters. The molecule has 3 rings (SSSR count). The first-order valence-electron chi connectivity index (χ1n) is 3.77. The van der Waals surface area contributed by atoms with Crippen molar-refractivity contribution in [2.45, 2.75) is 25.7 Å². The van der Waals surface area contributed by atoms with E-state index in [1.54, 1.807) is 0 Å². The number of carbonyl (C=O) groups is 1. The predicted octanol–water partition coefficient (Wildman–Crippen LogP) is 1.15. The normalized spacial score (nSPS) is 46.1. The van der Waals surface area contributed by atoms with E-state index in [2.05, 4.69) is 6.07 Å². The van der Waals surface area contributed by atoms with Crippen LogP contribution in [0.1, 0.15) is 25.7 Å². The predicted molar refractivity (Wildman–Crippen MR) is 36.6 cm³/mol. The monoisotopic (exact) mass is 151 g/mol. The van der Waals surface area contributed by atoms with Gasteiger partial charge in [-0.15, -0.1) is 0 Å². The van der Waals surface area contributed by atoms with E-state index in [4.69, 9.17) is 10.4 Å². The zero-order valence-corrected chi connectivity index (χ0v) is 6.13. The molecule has 3 aliphatic carbocycles. The van der Waals surface area contributed by atoms with Crippen molar-refractivity contribution in [3.8, 4) is 6.07 Å². The fraction of sp³-hybridized carbons (Fsp3) is 0.750. The van der Waals surface area contributed by atoms with E-state index in [-0.39, 0.29) is 5.41 Å².